The predicted octanol–water partition coefficient (Wildman–Crippen LogP) is -3.23. The summed E-state index contributed by atoms with van der Waals surface area (Å²) >= 11 is 1.32. The van der Waals surface area contributed by atoms with E-state index in [0.29, 0.717) is 31.6 Å². The molecule has 1 aliphatic heterocycles. The van der Waals surface area contributed by atoms with E-state index < -0.39 is 157 Å². The summed E-state index contributed by atoms with van der Waals surface area (Å²) in [4.78, 5) is 160. The number of nitrogens with one attached hydrogen (secondary N) is 9. The Balaban J connectivity index is 3.33. The second-order valence-electron chi connectivity index (χ2n) is 20.5. The van der Waals surface area contributed by atoms with E-state index in [1.165, 1.54) is 16.7 Å². The van der Waals surface area contributed by atoms with Gasteiger partial charge in [0.25, 0.3) is 0 Å². The van der Waals surface area contributed by atoms with Crippen molar-refractivity contribution in [2.75, 3.05) is 44.8 Å². The number of amides is 10. The second kappa shape index (κ2) is 35.3. The maximum Gasteiger partial charge on any atom is 0.328 e. The van der Waals surface area contributed by atoms with Gasteiger partial charge in [-0.2, -0.15) is 11.8 Å². The molecule has 1 rings (SSSR count). The van der Waals surface area contributed by atoms with Crippen LogP contribution in [0.4, 0.5) is 0 Å². The van der Waals surface area contributed by atoms with Crippen LogP contribution in [0.25, 0.3) is 0 Å². The number of carboxylic acid groups (broad SMARTS) is 2. The summed E-state index contributed by atoms with van der Waals surface area (Å²) < 4.78 is 0. The minimum atomic E-state index is -1.76. The summed E-state index contributed by atoms with van der Waals surface area (Å²) in [5.41, 5.74) is 11.1. The van der Waals surface area contributed by atoms with Crippen molar-refractivity contribution in [2.24, 2.45) is 35.1 Å². The molecule has 1 heterocycles. The Bertz CT molecular complexity index is 2030. The number of aliphatic hydroxyl groups excluding tert-OH is 1. The Kier molecular flexibility index (Phi) is 31.6. The third-order valence-electron chi connectivity index (χ3n) is 12.3. The Labute approximate surface area is 454 Å². The number of carbonyl (C=O) groups is 12. The molecule has 1 fully saturated rings. The van der Waals surface area contributed by atoms with Crippen LogP contribution in [-0.4, -0.2) is 190 Å². The summed E-state index contributed by atoms with van der Waals surface area (Å²) in [7, 11) is 0. The van der Waals surface area contributed by atoms with E-state index >= 15 is 0 Å². The molecule has 0 unspecified atom stereocenters. The molecule has 1 saturated heterocycles. The van der Waals surface area contributed by atoms with Crippen molar-refractivity contribution in [3.05, 3.63) is 0 Å². The van der Waals surface area contributed by atoms with Crippen molar-refractivity contribution in [2.45, 2.75) is 168 Å². The van der Waals surface area contributed by atoms with Gasteiger partial charge in [-0.3, -0.25) is 52.7 Å². The Morgan fingerprint density at radius 2 is 1.09 bits per heavy atom. The van der Waals surface area contributed by atoms with Gasteiger partial charge < -0.3 is 79.5 Å². The Morgan fingerprint density at radius 3 is 1.57 bits per heavy atom. The number of carboxylic acids is 2. The van der Waals surface area contributed by atoms with Crippen LogP contribution < -0.4 is 59.3 Å². The number of aliphatic carboxylic acids is 2. The number of nitrogens with zero attached hydrogens (tertiary/aromatic N) is 1. The molecule has 0 bridgehead atoms. The summed E-state index contributed by atoms with van der Waals surface area (Å²) in [5, 5.41) is 50.4. The third kappa shape index (κ3) is 24.8. The Hall–Kier alpha value is -6.13. The molecule has 0 saturated carbocycles. The monoisotopic (exact) mass is 1110 g/mol. The third-order valence-corrected chi connectivity index (χ3v) is 12.9. The van der Waals surface area contributed by atoms with Gasteiger partial charge in [0.15, 0.2) is 0 Å². The molecule has 9 atom stereocenters. The first kappa shape index (κ1) is 68.9. The van der Waals surface area contributed by atoms with Crippen molar-refractivity contribution < 1.29 is 72.9 Å². The number of rotatable bonds is 36. The molecule has 10 amide bonds. The van der Waals surface area contributed by atoms with Crippen molar-refractivity contribution in [3.63, 3.8) is 0 Å². The van der Waals surface area contributed by atoms with Crippen LogP contribution in [0, 0.1) is 23.7 Å². The first-order valence-corrected chi connectivity index (χ1v) is 27.4. The average molecular weight is 1120 g/mol. The van der Waals surface area contributed by atoms with Crippen LogP contribution in [0.1, 0.15) is 113 Å². The fourth-order valence-corrected chi connectivity index (χ4v) is 8.61. The highest BCUT2D eigenvalue weighted by atomic mass is 32.2. The number of aliphatic hydroxyl groups is 1. The van der Waals surface area contributed by atoms with Crippen LogP contribution in [0.5, 0.6) is 0 Å². The van der Waals surface area contributed by atoms with E-state index in [1.807, 2.05) is 33.0 Å². The number of nitrogens with two attached hydrogens (primary N) is 2. The van der Waals surface area contributed by atoms with Gasteiger partial charge in [0.1, 0.15) is 54.4 Å². The van der Waals surface area contributed by atoms with Gasteiger partial charge in [0, 0.05) is 6.54 Å². The van der Waals surface area contributed by atoms with Crippen LogP contribution in [0.15, 0.2) is 0 Å². The van der Waals surface area contributed by atoms with Gasteiger partial charge in [-0.1, -0.05) is 55.4 Å². The molecule has 1 aliphatic rings. The molecule has 0 aromatic carbocycles. The lowest BCUT2D eigenvalue weighted by Crippen LogP contribution is -2.62. The number of hydrogen-bond acceptors (Lipinski definition) is 16. The minimum absolute atomic E-state index is 0.00234. The fourth-order valence-electron chi connectivity index (χ4n) is 8.14. The fraction of sp³-hybridized carbons (Fsp3) is 0.755. The highest BCUT2D eigenvalue weighted by molar-refractivity contribution is 7.98. The van der Waals surface area contributed by atoms with Crippen molar-refractivity contribution in [1.29, 1.82) is 0 Å². The normalized spacial score (nSPS) is 16.4. The van der Waals surface area contributed by atoms with Crippen LogP contribution in [0.2, 0.25) is 0 Å². The first-order valence-electron chi connectivity index (χ1n) is 26.1. The molecule has 0 spiro atoms. The van der Waals surface area contributed by atoms with Gasteiger partial charge >= 0.3 is 11.9 Å². The van der Waals surface area contributed by atoms with Crippen molar-refractivity contribution >= 4 is 82.8 Å². The van der Waals surface area contributed by atoms with Gasteiger partial charge in [-0.05, 0) is 93.6 Å². The van der Waals surface area contributed by atoms with Gasteiger partial charge in [0.2, 0.25) is 59.1 Å². The molecular weight excluding hydrogens is 1030 g/mol. The van der Waals surface area contributed by atoms with E-state index in [0.717, 1.165) is 0 Å². The molecule has 0 aliphatic carbocycles. The molecule has 0 radical (unpaired) electrons. The van der Waals surface area contributed by atoms with Crippen LogP contribution in [0.3, 0.4) is 0 Å². The van der Waals surface area contributed by atoms with Crippen LogP contribution >= 0.6 is 11.8 Å². The lowest BCUT2D eigenvalue weighted by atomic mass is 9.97. The lowest BCUT2D eigenvalue weighted by Gasteiger charge is -2.33. The summed E-state index contributed by atoms with van der Waals surface area (Å²) in [5.74, 6) is -11.9. The Morgan fingerprint density at radius 1 is 0.584 bits per heavy atom. The van der Waals surface area contributed by atoms with Gasteiger partial charge in [0.05, 0.1) is 26.1 Å². The number of unbranched alkanes of at least 4 members (excludes halogenated alkanes) is 1. The number of likely N-dealkylation sites (tertiary alicyclic amines) is 1. The predicted molar refractivity (Wildman–Crippen MR) is 284 cm³/mol. The van der Waals surface area contributed by atoms with E-state index in [9.17, 15) is 62.6 Å². The standard InChI is InChI=1S/C49H86N12O15S/c1-25(2)19-31(56-42(68)29(13-10-11-16-50)53-36(63)22-51)44(70)57-32(20-26(3)4)45(71)59-39(27(5)6)47(73)60-40(28(7)8)48(74)61-17-12-14-35(61)46(72)55-30(15-18-77-9)43(69)58-33(21-38(65)66)41(67)52-23-37(64)54-34(24-62)49(75)76/h25-35,39-40,62H,10-24,50-51H2,1-9H3,(H,52,67)(H,53,63)(H,54,64)(H,55,72)(H,56,68)(H,57,70)(H,58,69)(H,59,71)(H,60,73)(H,65,66)(H,75,76)/t29-,30-,31-,32-,33-,34-,35-,39-,40-/m0/s1. The van der Waals surface area contributed by atoms with Gasteiger partial charge in [-0.25, -0.2) is 4.79 Å². The number of carbonyl (C=O) groups excluding carboxylic acids is 10. The highest BCUT2D eigenvalue weighted by Crippen LogP contribution is 2.22. The average Bonchev–Trinajstić information content (AvgIpc) is 3.85. The number of thioether (sulfide) groups is 1. The zero-order valence-corrected chi connectivity index (χ0v) is 46.7. The number of hydrogen-bond donors (Lipinski definition) is 14. The van der Waals surface area contributed by atoms with E-state index in [2.05, 4.69) is 42.5 Å². The summed E-state index contributed by atoms with van der Waals surface area (Å²) in [6.45, 7) is 12.4. The zero-order chi connectivity index (χ0) is 58.7. The van der Waals surface area contributed by atoms with Gasteiger partial charge in [-0.15, -0.1) is 0 Å². The largest absolute Gasteiger partial charge is 0.481 e. The molecule has 0 aromatic rings. The molecule has 16 N–H and O–H groups in total. The van der Waals surface area contributed by atoms with Crippen molar-refractivity contribution in [1.82, 2.24) is 52.8 Å². The minimum Gasteiger partial charge on any atom is -0.481 e. The maximum absolute atomic E-state index is 14.4. The molecule has 28 heteroatoms. The van der Waals surface area contributed by atoms with E-state index in [4.69, 9.17) is 21.7 Å². The van der Waals surface area contributed by atoms with E-state index in [1.54, 1.807) is 34.0 Å². The zero-order valence-electron chi connectivity index (χ0n) is 45.9. The topological polar surface area (TPSA) is 429 Å². The summed E-state index contributed by atoms with van der Waals surface area (Å²) in [6, 6.07) is -11.7. The molecule has 438 valence electrons. The summed E-state index contributed by atoms with van der Waals surface area (Å²) in [6.07, 6.45) is 2.96. The molecule has 0 aromatic heterocycles. The molecular formula is C49H86N12O15S. The van der Waals surface area contributed by atoms with E-state index in [-0.39, 0.29) is 57.0 Å². The highest BCUT2D eigenvalue weighted by Gasteiger charge is 2.42. The maximum atomic E-state index is 14.4. The lowest BCUT2D eigenvalue weighted by molar-refractivity contribution is -0.144. The first-order chi connectivity index (χ1) is 36.1. The molecule has 27 nitrogen and oxygen atoms in total. The molecule has 77 heavy (non-hydrogen) atoms. The quantitative estimate of drug-likeness (QED) is 0.0274. The van der Waals surface area contributed by atoms with Crippen LogP contribution in [-0.2, 0) is 57.5 Å². The smallest absolute Gasteiger partial charge is 0.328 e. The second-order valence-corrected chi connectivity index (χ2v) is 21.5. The SMILES string of the molecule is CSCC[C@H](NC(=O)[C@@H]1CCCN1C(=O)[C@@H](NC(=O)[C@@H](NC(=O)[C@H](CC(C)C)NC(=O)[C@H](CC(C)C)NC(=O)[C@H](CCCCN)NC(=O)CN)C(C)C)C(C)C)C(=O)N[C@@H](CC(=O)O)C(=O)NCC(=O)N[C@@H](CO)C(=O)O. The van der Waals surface area contributed by atoms with Crippen molar-refractivity contribution in [3.8, 4) is 0 Å².